The highest BCUT2D eigenvalue weighted by Crippen LogP contribution is 2.40. The van der Waals surface area contributed by atoms with Gasteiger partial charge in [0.15, 0.2) is 4.91 Å². The van der Waals surface area contributed by atoms with E-state index >= 15 is 0 Å². The second kappa shape index (κ2) is 7.01. The molecular weight excluding hydrogens is 386 g/mol. The Bertz CT molecular complexity index is 1060. The number of hydrogen-bond donors (Lipinski definition) is 0. The number of sulfone groups is 1. The van der Waals surface area contributed by atoms with E-state index in [9.17, 15) is 22.0 Å². The highest BCUT2D eigenvalue weighted by molar-refractivity contribution is 7.96. The fraction of sp³-hybridized carbons (Fsp3) is 0.250. The minimum absolute atomic E-state index is 0.0671. The molecule has 1 fully saturated rings. The Morgan fingerprint density at radius 1 is 0.929 bits per heavy atom. The van der Waals surface area contributed by atoms with Crippen molar-refractivity contribution in [3.63, 3.8) is 0 Å². The summed E-state index contributed by atoms with van der Waals surface area (Å²) in [6, 6.07) is 9.03. The van der Waals surface area contributed by atoms with E-state index in [0.29, 0.717) is 13.1 Å². The van der Waals surface area contributed by atoms with Crippen LogP contribution in [0.4, 0.5) is 20.2 Å². The summed E-state index contributed by atoms with van der Waals surface area (Å²) in [6.45, 7) is 0.976. The quantitative estimate of drug-likeness (QED) is 0.765. The number of piperidine rings is 1. The van der Waals surface area contributed by atoms with Gasteiger partial charge in [-0.15, -0.1) is 0 Å². The van der Waals surface area contributed by atoms with Crippen molar-refractivity contribution in [2.45, 2.75) is 24.2 Å². The number of likely N-dealkylation sites (tertiary alicyclic amines) is 1. The molecule has 0 N–H and O–H groups in total. The van der Waals surface area contributed by atoms with Crippen LogP contribution in [0.15, 0.2) is 58.5 Å². The van der Waals surface area contributed by atoms with Crippen LogP contribution in [-0.2, 0) is 14.6 Å². The predicted molar refractivity (Wildman–Crippen MR) is 101 cm³/mol. The van der Waals surface area contributed by atoms with Gasteiger partial charge in [0, 0.05) is 25.4 Å². The van der Waals surface area contributed by atoms with Crippen LogP contribution >= 0.6 is 0 Å². The molecule has 0 radical (unpaired) electrons. The second-order valence-corrected chi connectivity index (χ2v) is 8.70. The average Bonchev–Trinajstić information content (AvgIpc) is 2.67. The zero-order valence-electron chi connectivity index (χ0n) is 14.9. The van der Waals surface area contributed by atoms with Gasteiger partial charge in [0.1, 0.15) is 11.6 Å². The molecule has 0 spiro atoms. The van der Waals surface area contributed by atoms with Crippen LogP contribution in [0.2, 0.25) is 0 Å². The third-order valence-electron chi connectivity index (χ3n) is 4.93. The van der Waals surface area contributed by atoms with E-state index in [1.54, 1.807) is 12.1 Å². The fourth-order valence-corrected chi connectivity index (χ4v) is 5.11. The van der Waals surface area contributed by atoms with Crippen LogP contribution < -0.4 is 4.90 Å². The van der Waals surface area contributed by atoms with Crippen molar-refractivity contribution in [1.29, 1.82) is 0 Å². The molecule has 4 rings (SSSR count). The summed E-state index contributed by atoms with van der Waals surface area (Å²) in [6.07, 6.45) is 3.79. The van der Waals surface area contributed by atoms with Crippen LogP contribution in [0.25, 0.3) is 0 Å². The number of fused-ring (bicyclic) bond motifs is 1. The Labute approximate surface area is 161 Å². The topological polar surface area (TPSA) is 57.7 Å². The summed E-state index contributed by atoms with van der Waals surface area (Å²) in [5.74, 6) is -2.17. The first-order valence-electron chi connectivity index (χ1n) is 8.98. The number of para-hydroxylation sites is 1. The number of rotatable bonds is 2. The lowest BCUT2D eigenvalue weighted by Crippen LogP contribution is -2.39. The van der Waals surface area contributed by atoms with Gasteiger partial charge < -0.3 is 9.80 Å². The smallest absolute Gasteiger partial charge is 0.267 e. The minimum atomic E-state index is -4.05. The van der Waals surface area contributed by atoms with Gasteiger partial charge in [-0.1, -0.05) is 12.1 Å². The molecule has 0 atom stereocenters. The van der Waals surface area contributed by atoms with Crippen LogP contribution in [0.5, 0.6) is 0 Å². The molecule has 1 saturated heterocycles. The SMILES string of the molecule is O=C(C1=CN(c2cc(F)cc(F)c2)c2ccccc2S1(=O)=O)N1CCCCC1. The summed E-state index contributed by atoms with van der Waals surface area (Å²) < 4.78 is 53.8. The molecule has 0 unspecified atom stereocenters. The Morgan fingerprint density at radius 3 is 2.25 bits per heavy atom. The van der Waals surface area contributed by atoms with Crippen molar-refractivity contribution >= 4 is 27.1 Å². The van der Waals surface area contributed by atoms with Gasteiger partial charge in [-0.05, 0) is 43.5 Å². The molecule has 2 aliphatic rings. The van der Waals surface area contributed by atoms with Gasteiger partial charge in [-0.2, -0.15) is 0 Å². The molecule has 2 aromatic carbocycles. The lowest BCUT2D eigenvalue weighted by atomic mass is 10.1. The maximum absolute atomic E-state index is 13.8. The first-order valence-corrected chi connectivity index (χ1v) is 10.5. The third-order valence-corrected chi connectivity index (χ3v) is 6.71. The molecule has 2 aliphatic heterocycles. The molecule has 8 heteroatoms. The first kappa shape index (κ1) is 18.6. The van der Waals surface area contributed by atoms with Crippen molar-refractivity contribution in [1.82, 2.24) is 4.90 Å². The highest BCUT2D eigenvalue weighted by Gasteiger charge is 2.38. The van der Waals surface area contributed by atoms with E-state index < -0.39 is 32.3 Å². The Balaban J connectivity index is 1.87. The van der Waals surface area contributed by atoms with Gasteiger partial charge in [0.2, 0.25) is 9.84 Å². The van der Waals surface area contributed by atoms with Crippen molar-refractivity contribution < 1.29 is 22.0 Å². The lowest BCUT2D eigenvalue weighted by molar-refractivity contribution is -0.127. The molecule has 0 saturated carbocycles. The average molecular weight is 404 g/mol. The largest absolute Gasteiger partial charge is 0.338 e. The van der Waals surface area contributed by atoms with Crippen LogP contribution in [0.3, 0.4) is 0 Å². The van der Waals surface area contributed by atoms with Gasteiger partial charge in [0.25, 0.3) is 5.91 Å². The summed E-state index contributed by atoms with van der Waals surface area (Å²) in [7, 11) is -4.05. The van der Waals surface area contributed by atoms with E-state index in [1.165, 1.54) is 28.1 Å². The van der Waals surface area contributed by atoms with Gasteiger partial charge in [-0.3, -0.25) is 4.79 Å². The molecule has 2 heterocycles. The predicted octanol–water partition coefficient (Wildman–Crippen LogP) is 3.74. The normalized spacial score (nSPS) is 18.4. The standard InChI is InChI=1S/C20H18F2N2O3S/c21-14-10-15(22)12-16(11-14)24-13-19(20(25)23-8-4-1-5-9-23)28(26,27)18-7-3-2-6-17(18)24/h2-3,6-7,10-13H,1,4-5,8-9H2. The molecule has 2 aromatic rings. The van der Waals surface area contributed by atoms with Crippen molar-refractivity contribution in [3.05, 3.63) is 65.2 Å². The first-order chi connectivity index (χ1) is 13.4. The summed E-state index contributed by atoms with van der Waals surface area (Å²) in [4.78, 5) is 15.4. The van der Waals surface area contributed by atoms with Crippen LogP contribution in [0, 0.1) is 11.6 Å². The number of amides is 1. The van der Waals surface area contributed by atoms with Gasteiger partial charge in [0.05, 0.1) is 16.3 Å². The molecular formula is C20H18F2N2O3S. The zero-order chi connectivity index (χ0) is 19.9. The second-order valence-electron chi connectivity index (χ2n) is 6.82. The summed E-state index contributed by atoms with van der Waals surface area (Å²) in [5, 5.41) is 0. The molecule has 0 bridgehead atoms. The molecule has 146 valence electrons. The number of carbonyl (C=O) groups is 1. The third kappa shape index (κ3) is 3.17. The number of nitrogens with zero attached hydrogens (tertiary/aromatic N) is 2. The van der Waals surface area contributed by atoms with E-state index in [1.807, 2.05) is 0 Å². The minimum Gasteiger partial charge on any atom is -0.338 e. The van der Waals surface area contributed by atoms with E-state index in [0.717, 1.165) is 37.5 Å². The summed E-state index contributed by atoms with van der Waals surface area (Å²) >= 11 is 0. The molecule has 0 aliphatic carbocycles. The highest BCUT2D eigenvalue weighted by atomic mass is 32.2. The van der Waals surface area contributed by atoms with Gasteiger partial charge in [-0.25, -0.2) is 17.2 Å². The fourth-order valence-electron chi connectivity index (χ4n) is 3.57. The Hall–Kier alpha value is -2.74. The zero-order valence-corrected chi connectivity index (χ0v) is 15.8. The summed E-state index contributed by atoms with van der Waals surface area (Å²) in [5.41, 5.74) is 0.339. The number of carbonyl (C=O) groups excluding carboxylic acids is 1. The van der Waals surface area contributed by atoms with E-state index in [4.69, 9.17) is 0 Å². The monoisotopic (exact) mass is 404 g/mol. The number of hydrogen-bond acceptors (Lipinski definition) is 4. The van der Waals surface area contributed by atoms with Crippen molar-refractivity contribution in [2.24, 2.45) is 0 Å². The van der Waals surface area contributed by atoms with E-state index in [-0.39, 0.29) is 16.3 Å². The Kier molecular flexibility index (Phi) is 4.66. The molecule has 0 aromatic heterocycles. The molecule has 1 amide bonds. The number of benzene rings is 2. The van der Waals surface area contributed by atoms with E-state index in [2.05, 4.69) is 0 Å². The van der Waals surface area contributed by atoms with Gasteiger partial charge >= 0.3 is 0 Å². The molecule has 28 heavy (non-hydrogen) atoms. The van der Waals surface area contributed by atoms with Crippen molar-refractivity contribution in [2.75, 3.05) is 18.0 Å². The maximum Gasteiger partial charge on any atom is 0.267 e. The maximum atomic E-state index is 13.8. The number of anilines is 2. The van der Waals surface area contributed by atoms with Crippen LogP contribution in [-0.4, -0.2) is 32.3 Å². The number of halogens is 2. The lowest BCUT2D eigenvalue weighted by Gasteiger charge is -2.32. The van der Waals surface area contributed by atoms with Crippen molar-refractivity contribution in [3.8, 4) is 0 Å². The molecule has 5 nitrogen and oxygen atoms in total. The van der Waals surface area contributed by atoms with Crippen LogP contribution in [0.1, 0.15) is 19.3 Å². The Morgan fingerprint density at radius 2 is 1.57 bits per heavy atom.